The van der Waals surface area contributed by atoms with Crippen molar-refractivity contribution < 1.29 is 4.39 Å². The lowest BCUT2D eigenvalue weighted by molar-refractivity contribution is 0.254. The van der Waals surface area contributed by atoms with E-state index in [0.29, 0.717) is 0 Å². The van der Waals surface area contributed by atoms with E-state index in [1.807, 2.05) is 18.3 Å². The Kier molecular flexibility index (Phi) is 11.5. The highest BCUT2D eigenvalue weighted by molar-refractivity contribution is 14.0. The molecule has 0 aliphatic carbocycles. The molecule has 9 heteroatoms. The van der Waals surface area contributed by atoms with Crippen LogP contribution in [0.15, 0.2) is 35.5 Å². The zero-order chi connectivity index (χ0) is 21.2. The number of nitrogens with one attached hydrogen (secondary N) is 2. The molecule has 2 aromatic rings. The highest BCUT2D eigenvalue weighted by Gasteiger charge is 2.18. The Labute approximate surface area is 206 Å². The van der Waals surface area contributed by atoms with Crippen LogP contribution in [0.3, 0.4) is 0 Å². The van der Waals surface area contributed by atoms with Crippen LogP contribution in [-0.2, 0) is 12.8 Å². The van der Waals surface area contributed by atoms with Gasteiger partial charge in [-0.2, -0.15) is 0 Å². The molecule has 1 saturated heterocycles. The predicted molar refractivity (Wildman–Crippen MR) is 140 cm³/mol. The van der Waals surface area contributed by atoms with E-state index in [4.69, 9.17) is 0 Å². The predicted octanol–water partition coefficient (Wildman–Crippen LogP) is 3.38. The van der Waals surface area contributed by atoms with Crippen LogP contribution in [0.25, 0.3) is 0 Å². The number of piperazine rings is 1. The first-order valence-corrected chi connectivity index (χ1v) is 11.6. The molecule has 31 heavy (non-hydrogen) atoms. The summed E-state index contributed by atoms with van der Waals surface area (Å²) in [6.07, 6.45) is 4.99. The van der Waals surface area contributed by atoms with Crippen LogP contribution in [0.1, 0.15) is 23.2 Å². The van der Waals surface area contributed by atoms with Crippen molar-refractivity contribution in [2.24, 2.45) is 4.99 Å². The molecule has 1 aliphatic rings. The van der Waals surface area contributed by atoms with E-state index in [1.165, 1.54) is 16.0 Å². The van der Waals surface area contributed by atoms with Gasteiger partial charge in [-0.25, -0.2) is 9.37 Å². The molecule has 2 heterocycles. The van der Waals surface area contributed by atoms with Gasteiger partial charge in [0.05, 0.1) is 10.7 Å². The quantitative estimate of drug-likeness (QED) is 0.213. The van der Waals surface area contributed by atoms with Gasteiger partial charge in [0.1, 0.15) is 5.82 Å². The van der Waals surface area contributed by atoms with E-state index in [0.717, 1.165) is 76.7 Å². The summed E-state index contributed by atoms with van der Waals surface area (Å²) in [7, 11) is 1.80. The zero-order valence-electron chi connectivity index (χ0n) is 18.4. The molecule has 0 saturated carbocycles. The number of guanidine groups is 1. The normalized spacial score (nSPS) is 14.9. The molecule has 3 rings (SSSR count). The molecule has 0 radical (unpaired) electrons. The van der Waals surface area contributed by atoms with Crippen LogP contribution in [0.2, 0.25) is 0 Å². The van der Waals surface area contributed by atoms with Gasteiger partial charge in [0.15, 0.2) is 5.96 Å². The van der Waals surface area contributed by atoms with Gasteiger partial charge in [0.2, 0.25) is 0 Å². The van der Waals surface area contributed by atoms with Crippen molar-refractivity contribution in [3.8, 4) is 0 Å². The fourth-order valence-electron chi connectivity index (χ4n) is 3.57. The first-order valence-electron chi connectivity index (χ1n) is 10.8. The lowest BCUT2D eigenvalue weighted by Gasteiger charge is -2.36. The van der Waals surface area contributed by atoms with Gasteiger partial charge < -0.3 is 15.5 Å². The Morgan fingerprint density at radius 2 is 1.90 bits per heavy atom. The van der Waals surface area contributed by atoms with Crippen molar-refractivity contribution >= 4 is 47.0 Å². The number of hydrogen-bond donors (Lipinski definition) is 2. The fraction of sp³-hybridized carbons (Fsp3) is 0.545. The summed E-state index contributed by atoms with van der Waals surface area (Å²) in [5, 5.41) is 7.92. The second-order valence-electron chi connectivity index (χ2n) is 7.38. The number of rotatable bonds is 9. The topological polar surface area (TPSA) is 55.8 Å². The Balaban J connectivity index is 0.00000341. The van der Waals surface area contributed by atoms with Gasteiger partial charge in [-0.05, 0) is 31.5 Å². The summed E-state index contributed by atoms with van der Waals surface area (Å²) in [5.41, 5.74) is 0.720. The smallest absolute Gasteiger partial charge is 0.190 e. The summed E-state index contributed by atoms with van der Waals surface area (Å²) in [5.74, 6) is 0.710. The fourth-order valence-corrected chi connectivity index (χ4v) is 4.43. The molecule has 172 valence electrons. The highest BCUT2D eigenvalue weighted by atomic mass is 127. The Hall–Kier alpha value is -1.46. The molecule has 0 spiro atoms. The number of aliphatic imine (C=N–C) groups is 1. The first-order chi connectivity index (χ1) is 14.7. The SMILES string of the molecule is CCc1cnc(CCNC(=NC)NCCCN2CCN(c3ccccc3F)CC2)s1.I. The first kappa shape index (κ1) is 25.8. The number of aromatic nitrogens is 1. The van der Waals surface area contributed by atoms with Crippen molar-refractivity contribution in [1.82, 2.24) is 20.5 Å². The van der Waals surface area contributed by atoms with E-state index >= 15 is 0 Å². The lowest BCUT2D eigenvalue weighted by atomic mass is 10.2. The van der Waals surface area contributed by atoms with Crippen LogP contribution in [0.4, 0.5) is 10.1 Å². The van der Waals surface area contributed by atoms with Crippen LogP contribution >= 0.6 is 35.3 Å². The summed E-state index contributed by atoms with van der Waals surface area (Å²) in [4.78, 5) is 14.7. The third-order valence-electron chi connectivity index (χ3n) is 5.31. The van der Waals surface area contributed by atoms with E-state index in [1.54, 1.807) is 24.5 Å². The Bertz CT molecular complexity index is 807. The average Bonchev–Trinajstić information content (AvgIpc) is 3.24. The zero-order valence-corrected chi connectivity index (χ0v) is 21.6. The van der Waals surface area contributed by atoms with Crippen molar-refractivity contribution in [2.75, 3.05) is 57.8 Å². The summed E-state index contributed by atoms with van der Waals surface area (Å²) in [6, 6.07) is 7.04. The summed E-state index contributed by atoms with van der Waals surface area (Å²) in [6.45, 7) is 8.57. The van der Waals surface area contributed by atoms with E-state index in [9.17, 15) is 4.39 Å². The number of benzene rings is 1. The molecular weight excluding hydrogens is 526 g/mol. The molecule has 0 amide bonds. The summed E-state index contributed by atoms with van der Waals surface area (Å²) < 4.78 is 13.9. The van der Waals surface area contributed by atoms with Crippen molar-refractivity contribution in [3.05, 3.63) is 46.2 Å². The van der Waals surface area contributed by atoms with Crippen molar-refractivity contribution in [1.29, 1.82) is 0 Å². The molecule has 1 aromatic heterocycles. The largest absolute Gasteiger partial charge is 0.367 e. The van der Waals surface area contributed by atoms with E-state index < -0.39 is 0 Å². The highest BCUT2D eigenvalue weighted by Crippen LogP contribution is 2.20. The Morgan fingerprint density at radius 3 is 2.58 bits per heavy atom. The van der Waals surface area contributed by atoms with Gasteiger partial charge in [-0.15, -0.1) is 35.3 Å². The van der Waals surface area contributed by atoms with Gasteiger partial charge in [0.25, 0.3) is 0 Å². The maximum atomic E-state index is 13.9. The Morgan fingerprint density at radius 1 is 1.16 bits per heavy atom. The maximum Gasteiger partial charge on any atom is 0.190 e. The van der Waals surface area contributed by atoms with Crippen molar-refractivity contribution in [2.45, 2.75) is 26.2 Å². The van der Waals surface area contributed by atoms with Crippen molar-refractivity contribution in [3.63, 3.8) is 0 Å². The molecule has 1 aliphatic heterocycles. The van der Waals surface area contributed by atoms with Crippen LogP contribution < -0.4 is 15.5 Å². The molecule has 2 N–H and O–H groups in total. The third-order valence-corrected chi connectivity index (χ3v) is 6.52. The van der Waals surface area contributed by atoms with Gasteiger partial charge >= 0.3 is 0 Å². The molecular formula is C22H34FIN6S. The molecule has 0 atom stereocenters. The van der Waals surface area contributed by atoms with E-state index in [-0.39, 0.29) is 29.8 Å². The van der Waals surface area contributed by atoms with Gasteiger partial charge in [-0.1, -0.05) is 19.1 Å². The number of thiazole rings is 1. The number of nitrogens with zero attached hydrogens (tertiary/aromatic N) is 4. The third kappa shape index (κ3) is 8.19. The maximum absolute atomic E-state index is 13.9. The second kappa shape index (κ2) is 13.8. The molecule has 1 aromatic carbocycles. The number of hydrogen-bond acceptors (Lipinski definition) is 5. The number of anilines is 1. The van der Waals surface area contributed by atoms with Crippen LogP contribution in [0.5, 0.6) is 0 Å². The average molecular weight is 561 g/mol. The standard InChI is InChI=1S/C22H33FN6S.HI/c1-3-18-17-27-21(30-18)9-11-26-22(24-2)25-10-6-12-28-13-15-29(16-14-28)20-8-5-4-7-19(20)23;/h4-5,7-8,17H,3,6,9-16H2,1-2H3,(H2,24,25,26);1H. The second-order valence-corrected chi connectivity index (χ2v) is 8.58. The van der Waals surface area contributed by atoms with Crippen LogP contribution in [0, 0.1) is 5.82 Å². The molecule has 0 bridgehead atoms. The molecule has 1 fully saturated rings. The molecule has 6 nitrogen and oxygen atoms in total. The lowest BCUT2D eigenvalue weighted by Crippen LogP contribution is -2.47. The van der Waals surface area contributed by atoms with E-state index in [2.05, 4.69) is 37.3 Å². The van der Waals surface area contributed by atoms with Gasteiger partial charge in [0, 0.05) is 63.8 Å². The number of para-hydroxylation sites is 1. The minimum absolute atomic E-state index is 0. The molecule has 0 unspecified atom stereocenters. The number of aryl methyl sites for hydroxylation is 1. The summed E-state index contributed by atoms with van der Waals surface area (Å²) >= 11 is 1.79. The monoisotopic (exact) mass is 560 g/mol. The number of halogens is 2. The van der Waals surface area contributed by atoms with Crippen LogP contribution in [-0.4, -0.2) is 68.7 Å². The van der Waals surface area contributed by atoms with Gasteiger partial charge in [-0.3, -0.25) is 9.89 Å². The minimum atomic E-state index is -0.130. The minimum Gasteiger partial charge on any atom is -0.367 e.